The Morgan fingerprint density at radius 3 is 2.36 bits per heavy atom. The van der Waals surface area contributed by atoms with Gasteiger partial charge in [-0.1, -0.05) is 24.3 Å². The summed E-state index contributed by atoms with van der Waals surface area (Å²) in [5.41, 5.74) is -0.410. The highest BCUT2D eigenvalue weighted by Gasteiger charge is 2.45. The van der Waals surface area contributed by atoms with Crippen molar-refractivity contribution in [3.63, 3.8) is 0 Å². The molecule has 11 heteroatoms. The second-order valence-corrected chi connectivity index (χ2v) is 9.74. The van der Waals surface area contributed by atoms with Crippen molar-refractivity contribution in [2.75, 3.05) is 10.2 Å². The molecule has 2 aromatic carbocycles. The van der Waals surface area contributed by atoms with Crippen molar-refractivity contribution in [2.45, 2.75) is 50.3 Å². The van der Waals surface area contributed by atoms with Gasteiger partial charge in [-0.3, -0.25) is 19.3 Å². The Bertz CT molecular complexity index is 1210. The number of sulfonamides is 1. The number of hydrogen-bond acceptors (Lipinski definition) is 6. The number of fused-ring (bicyclic) bond motifs is 1. The summed E-state index contributed by atoms with van der Waals surface area (Å²) in [6.45, 7) is 5.64. The van der Waals surface area contributed by atoms with E-state index in [2.05, 4.69) is 5.32 Å². The van der Waals surface area contributed by atoms with Crippen molar-refractivity contribution < 1.29 is 31.9 Å². The number of carbonyl (C=O) groups is 3. The predicted octanol–water partition coefficient (Wildman–Crippen LogP) is 2.19. The summed E-state index contributed by atoms with van der Waals surface area (Å²) in [4.78, 5) is 38.9. The minimum Gasteiger partial charge on any atom is -0.451 e. The molecule has 0 aromatic heterocycles. The standard InChI is InChI=1S/C22H24FN3O6S/c1-13(25-33(30,31)18-12-8-5-9-15(18)23)20(28)32-14(2)19(27)26-17-11-7-6-10-16(17)24-21(29)22(26,3)4/h5-14,25H,1-4H3,(H,24,29)/t13-,14-/m1/s1. The van der Waals surface area contributed by atoms with Crippen LogP contribution in [0.15, 0.2) is 53.4 Å². The first-order valence-corrected chi connectivity index (χ1v) is 11.6. The van der Waals surface area contributed by atoms with Gasteiger partial charge < -0.3 is 10.1 Å². The molecular formula is C22H24FN3O6S. The van der Waals surface area contributed by atoms with Gasteiger partial charge in [0.25, 0.3) is 5.91 Å². The van der Waals surface area contributed by atoms with Crippen molar-refractivity contribution in [3.05, 3.63) is 54.3 Å². The van der Waals surface area contributed by atoms with Crippen LogP contribution in [0.3, 0.4) is 0 Å². The average Bonchev–Trinajstić information content (AvgIpc) is 2.73. The molecule has 2 amide bonds. The third-order valence-corrected chi connectivity index (χ3v) is 6.75. The quantitative estimate of drug-likeness (QED) is 0.615. The lowest BCUT2D eigenvalue weighted by atomic mass is 9.95. The van der Waals surface area contributed by atoms with Gasteiger partial charge in [0.05, 0.1) is 11.4 Å². The number of benzene rings is 2. The van der Waals surface area contributed by atoms with Crippen molar-refractivity contribution in [2.24, 2.45) is 0 Å². The number of nitrogens with one attached hydrogen (secondary N) is 2. The second-order valence-electron chi connectivity index (χ2n) is 8.06. The number of anilines is 2. The van der Waals surface area contributed by atoms with Crippen LogP contribution in [0.5, 0.6) is 0 Å². The van der Waals surface area contributed by atoms with Crippen LogP contribution in [0, 0.1) is 5.82 Å². The van der Waals surface area contributed by atoms with Gasteiger partial charge in [0.15, 0.2) is 6.10 Å². The highest BCUT2D eigenvalue weighted by molar-refractivity contribution is 7.89. The molecule has 33 heavy (non-hydrogen) atoms. The Hall–Kier alpha value is -3.31. The second kappa shape index (κ2) is 8.91. The van der Waals surface area contributed by atoms with E-state index < -0.39 is 56.2 Å². The molecule has 0 spiro atoms. The molecule has 0 radical (unpaired) electrons. The summed E-state index contributed by atoms with van der Waals surface area (Å²) in [6, 6.07) is 9.99. The maximum Gasteiger partial charge on any atom is 0.324 e. The van der Waals surface area contributed by atoms with Crippen LogP contribution in [0.1, 0.15) is 27.7 Å². The molecule has 3 rings (SSSR count). The van der Waals surface area contributed by atoms with Crippen LogP contribution < -0.4 is 14.9 Å². The van der Waals surface area contributed by atoms with Gasteiger partial charge in [-0.25, -0.2) is 12.8 Å². The van der Waals surface area contributed by atoms with Crippen molar-refractivity contribution >= 4 is 39.2 Å². The minimum atomic E-state index is -4.35. The van der Waals surface area contributed by atoms with Crippen LogP contribution in [0.25, 0.3) is 0 Å². The zero-order valence-electron chi connectivity index (χ0n) is 18.5. The van der Waals surface area contributed by atoms with Crippen LogP contribution in [0.2, 0.25) is 0 Å². The zero-order valence-corrected chi connectivity index (χ0v) is 19.3. The monoisotopic (exact) mass is 477 g/mol. The largest absolute Gasteiger partial charge is 0.451 e. The lowest BCUT2D eigenvalue weighted by molar-refractivity contribution is -0.155. The molecule has 0 saturated heterocycles. The van der Waals surface area contributed by atoms with E-state index >= 15 is 0 Å². The van der Waals surface area contributed by atoms with E-state index in [4.69, 9.17) is 4.74 Å². The fourth-order valence-electron chi connectivity index (χ4n) is 3.36. The molecule has 0 saturated carbocycles. The fourth-order valence-corrected chi connectivity index (χ4v) is 4.63. The molecule has 176 valence electrons. The van der Waals surface area contributed by atoms with E-state index in [0.717, 1.165) is 12.1 Å². The molecule has 0 bridgehead atoms. The fraction of sp³-hybridized carbons (Fsp3) is 0.318. The first-order valence-electron chi connectivity index (χ1n) is 10.1. The van der Waals surface area contributed by atoms with E-state index in [0.29, 0.717) is 11.4 Å². The van der Waals surface area contributed by atoms with Gasteiger partial charge in [0.2, 0.25) is 15.9 Å². The van der Waals surface area contributed by atoms with Gasteiger partial charge in [-0.2, -0.15) is 4.72 Å². The summed E-state index contributed by atoms with van der Waals surface area (Å²) >= 11 is 0. The summed E-state index contributed by atoms with van der Waals surface area (Å²) in [7, 11) is -4.35. The van der Waals surface area contributed by atoms with E-state index in [-0.39, 0.29) is 0 Å². The first-order chi connectivity index (χ1) is 15.4. The maximum atomic E-state index is 13.9. The SMILES string of the molecule is C[C@@H](NS(=O)(=O)c1ccccc1F)C(=O)O[C@H](C)C(=O)N1c2ccccc2NC(=O)C1(C)C. The number of hydrogen-bond donors (Lipinski definition) is 2. The molecule has 0 aliphatic carbocycles. The molecule has 2 atom stereocenters. The number of esters is 1. The number of nitrogens with zero attached hydrogens (tertiary/aromatic N) is 1. The van der Waals surface area contributed by atoms with Gasteiger partial charge in [-0.15, -0.1) is 0 Å². The van der Waals surface area contributed by atoms with Crippen molar-refractivity contribution in [3.8, 4) is 0 Å². The number of amides is 2. The Labute approximate surface area is 191 Å². The average molecular weight is 478 g/mol. The number of carbonyl (C=O) groups excluding carboxylic acids is 3. The van der Waals surface area contributed by atoms with Crippen LogP contribution in [0.4, 0.5) is 15.8 Å². The molecule has 1 aliphatic heterocycles. The van der Waals surface area contributed by atoms with Gasteiger partial charge in [-0.05, 0) is 52.0 Å². The molecule has 2 aromatic rings. The van der Waals surface area contributed by atoms with Gasteiger partial charge >= 0.3 is 5.97 Å². The zero-order chi connectivity index (χ0) is 24.6. The first kappa shape index (κ1) is 24.3. The molecule has 0 fully saturated rings. The third-order valence-electron chi connectivity index (χ3n) is 5.18. The molecule has 9 nitrogen and oxygen atoms in total. The summed E-state index contributed by atoms with van der Waals surface area (Å²) in [5, 5.41) is 2.73. The number of rotatable bonds is 6. The van der Waals surface area contributed by atoms with Gasteiger partial charge in [0, 0.05) is 0 Å². The van der Waals surface area contributed by atoms with Crippen LogP contribution >= 0.6 is 0 Å². The lowest BCUT2D eigenvalue weighted by Crippen LogP contribution is -2.60. The third kappa shape index (κ3) is 4.74. The van der Waals surface area contributed by atoms with Crippen molar-refractivity contribution in [1.29, 1.82) is 0 Å². The van der Waals surface area contributed by atoms with Crippen LogP contribution in [-0.4, -0.2) is 43.9 Å². The van der Waals surface area contributed by atoms with Crippen molar-refractivity contribution in [1.82, 2.24) is 4.72 Å². The summed E-state index contributed by atoms with van der Waals surface area (Å²) in [5.74, 6) is -3.10. The Morgan fingerprint density at radius 2 is 1.70 bits per heavy atom. The Morgan fingerprint density at radius 1 is 1.09 bits per heavy atom. The number of ether oxygens (including phenoxy) is 1. The van der Waals surface area contributed by atoms with E-state index in [1.165, 1.54) is 30.9 Å². The number of halogens is 1. The smallest absolute Gasteiger partial charge is 0.324 e. The van der Waals surface area contributed by atoms with E-state index in [1.54, 1.807) is 38.1 Å². The highest BCUT2D eigenvalue weighted by Crippen LogP contribution is 2.37. The van der Waals surface area contributed by atoms with E-state index in [1.807, 2.05) is 4.72 Å². The topological polar surface area (TPSA) is 122 Å². The van der Waals surface area contributed by atoms with Gasteiger partial charge in [0.1, 0.15) is 22.3 Å². The Kier molecular flexibility index (Phi) is 6.57. The summed E-state index contributed by atoms with van der Waals surface area (Å²) in [6.07, 6.45) is -1.34. The number of para-hydroxylation sites is 2. The lowest BCUT2D eigenvalue weighted by Gasteiger charge is -2.42. The molecule has 1 heterocycles. The minimum absolute atomic E-state index is 0.418. The predicted molar refractivity (Wildman–Crippen MR) is 118 cm³/mol. The molecular weight excluding hydrogens is 453 g/mol. The summed E-state index contributed by atoms with van der Waals surface area (Å²) < 4.78 is 45.9. The Balaban J connectivity index is 1.76. The molecule has 1 aliphatic rings. The molecule has 2 N–H and O–H groups in total. The normalized spacial score (nSPS) is 16.9. The van der Waals surface area contributed by atoms with Crippen LogP contribution in [-0.2, 0) is 29.1 Å². The maximum absolute atomic E-state index is 13.9. The highest BCUT2D eigenvalue weighted by atomic mass is 32.2. The van der Waals surface area contributed by atoms with E-state index in [9.17, 15) is 27.2 Å². The molecule has 0 unspecified atom stereocenters.